The zero-order chi connectivity index (χ0) is 9.68. The molecule has 1 aromatic rings. The Bertz CT molecular complexity index is 266. The number of halogens is 1. The van der Waals surface area contributed by atoms with Gasteiger partial charge >= 0.3 is 0 Å². The molecule has 0 saturated carbocycles. The lowest BCUT2D eigenvalue weighted by atomic mass is 9.99. The van der Waals surface area contributed by atoms with Crippen LogP contribution in [0.1, 0.15) is 30.0 Å². The fourth-order valence-electron chi connectivity index (χ4n) is 1.59. The van der Waals surface area contributed by atoms with Crippen molar-refractivity contribution in [2.24, 2.45) is 0 Å². The molecule has 0 aromatic heterocycles. The van der Waals surface area contributed by atoms with Gasteiger partial charge in [-0.25, -0.2) is 0 Å². The summed E-state index contributed by atoms with van der Waals surface area (Å²) < 4.78 is 0. The first-order valence-electron chi connectivity index (χ1n) is 4.92. The molecule has 0 radical (unpaired) electrons. The maximum absolute atomic E-state index is 3.47. The van der Waals surface area contributed by atoms with Crippen LogP contribution in [-0.4, -0.2) is 5.33 Å². The lowest BCUT2D eigenvalue weighted by Crippen LogP contribution is -1.94. The molecule has 0 unspecified atom stereocenters. The molecule has 0 heterocycles. The van der Waals surface area contributed by atoms with Crippen molar-refractivity contribution in [3.63, 3.8) is 0 Å². The summed E-state index contributed by atoms with van der Waals surface area (Å²) in [5, 5.41) is 1.10. The third kappa shape index (κ3) is 3.15. The largest absolute Gasteiger partial charge is 0.0928 e. The predicted octanol–water partition coefficient (Wildman–Crippen LogP) is 3.88. The minimum atomic E-state index is 1.10. The van der Waals surface area contributed by atoms with Crippen LogP contribution in [0.25, 0.3) is 0 Å². The summed E-state index contributed by atoms with van der Waals surface area (Å²) in [5.74, 6) is 0. The number of alkyl halides is 1. The van der Waals surface area contributed by atoms with Gasteiger partial charge in [-0.2, -0.15) is 0 Å². The normalized spacial score (nSPS) is 10.4. The van der Waals surface area contributed by atoms with Gasteiger partial charge in [-0.1, -0.05) is 46.6 Å². The van der Waals surface area contributed by atoms with E-state index in [1.54, 1.807) is 0 Å². The average Bonchev–Trinajstić information content (AvgIpc) is 2.15. The Balaban J connectivity index is 2.81. The lowest BCUT2D eigenvalue weighted by Gasteiger charge is -2.07. The highest BCUT2D eigenvalue weighted by Gasteiger charge is 2.00. The quantitative estimate of drug-likeness (QED) is 0.701. The number of benzene rings is 1. The predicted molar refractivity (Wildman–Crippen MR) is 62.7 cm³/mol. The van der Waals surface area contributed by atoms with Crippen LogP contribution in [0.4, 0.5) is 0 Å². The first-order chi connectivity index (χ1) is 6.27. The highest BCUT2D eigenvalue weighted by molar-refractivity contribution is 9.09. The first-order valence-corrected chi connectivity index (χ1v) is 6.04. The molecule has 0 aliphatic heterocycles. The van der Waals surface area contributed by atoms with Crippen LogP contribution in [0.3, 0.4) is 0 Å². The molecule has 0 fully saturated rings. The van der Waals surface area contributed by atoms with Gasteiger partial charge in [0.15, 0.2) is 0 Å². The first kappa shape index (κ1) is 10.8. The van der Waals surface area contributed by atoms with Gasteiger partial charge in [0.2, 0.25) is 0 Å². The summed E-state index contributed by atoms with van der Waals surface area (Å²) in [4.78, 5) is 0. The van der Waals surface area contributed by atoms with Gasteiger partial charge in [0.05, 0.1) is 0 Å². The number of hydrogen-bond donors (Lipinski definition) is 0. The summed E-state index contributed by atoms with van der Waals surface area (Å²) in [5.41, 5.74) is 4.41. The van der Waals surface area contributed by atoms with Crippen LogP contribution in [0.2, 0.25) is 0 Å². The summed E-state index contributed by atoms with van der Waals surface area (Å²) in [7, 11) is 0. The van der Waals surface area contributed by atoms with Crippen LogP contribution in [0, 0.1) is 6.92 Å². The SMILES string of the molecule is CCc1ccc(C)cc1CCCBr. The van der Waals surface area contributed by atoms with Crippen LogP contribution >= 0.6 is 15.9 Å². The van der Waals surface area contributed by atoms with Crippen molar-refractivity contribution in [1.29, 1.82) is 0 Å². The second-order valence-electron chi connectivity index (χ2n) is 3.42. The Kier molecular flexibility index (Phi) is 4.51. The molecule has 0 saturated heterocycles. The highest BCUT2D eigenvalue weighted by Crippen LogP contribution is 2.14. The molecule has 0 aliphatic rings. The topological polar surface area (TPSA) is 0 Å². The third-order valence-electron chi connectivity index (χ3n) is 2.32. The van der Waals surface area contributed by atoms with Gasteiger partial charge in [0.25, 0.3) is 0 Å². The van der Waals surface area contributed by atoms with Gasteiger partial charge in [-0.05, 0) is 37.3 Å². The van der Waals surface area contributed by atoms with E-state index in [1.807, 2.05) is 0 Å². The van der Waals surface area contributed by atoms with Gasteiger partial charge in [-0.15, -0.1) is 0 Å². The van der Waals surface area contributed by atoms with Crippen molar-refractivity contribution in [3.05, 3.63) is 34.9 Å². The van der Waals surface area contributed by atoms with Crippen molar-refractivity contribution < 1.29 is 0 Å². The minimum Gasteiger partial charge on any atom is -0.0928 e. The van der Waals surface area contributed by atoms with Crippen molar-refractivity contribution in [3.8, 4) is 0 Å². The van der Waals surface area contributed by atoms with Crippen molar-refractivity contribution >= 4 is 15.9 Å². The number of aryl methyl sites for hydroxylation is 3. The maximum Gasteiger partial charge on any atom is 0.00344 e. The molecule has 0 aliphatic carbocycles. The van der Waals surface area contributed by atoms with E-state index in [4.69, 9.17) is 0 Å². The Morgan fingerprint density at radius 1 is 1.23 bits per heavy atom. The molecular formula is C12H17Br. The molecule has 0 bridgehead atoms. The smallest absolute Gasteiger partial charge is 0.00344 e. The van der Waals surface area contributed by atoms with E-state index < -0.39 is 0 Å². The molecule has 0 atom stereocenters. The second-order valence-corrected chi connectivity index (χ2v) is 4.21. The van der Waals surface area contributed by atoms with E-state index in [0.29, 0.717) is 0 Å². The van der Waals surface area contributed by atoms with E-state index in [-0.39, 0.29) is 0 Å². The second kappa shape index (κ2) is 5.43. The molecule has 1 heteroatoms. The Labute approximate surface area is 89.5 Å². The van der Waals surface area contributed by atoms with Crippen LogP contribution < -0.4 is 0 Å². The number of hydrogen-bond acceptors (Lipinski definition) is 0. The minimum absolute atomic E-state index is 1.10. The van der Waals surface area contributed by atoms with Crippen LogP contribution in [0.5, 0.6) is 0 Å². The summed E-state index contributed by atoms with van der Waals surface area (Å²) in [6.45, 7) is 4.39. The lowest BCUT2D eigenvalue weighted by molar-refractivity contribution is 0.911. The van der Waals surface area contributed by atoms with E-state index in [9.17, 15) is 0 Å². The summed E-state index contributed by atoms with van der Waals surface area (Å²) in [6.07, 6.45) is 3.59. The Morgan fingerprint density at radius 2 is 2.00 bits per heavy atom. The maximum atomic E-state index is 3.47. The summed E-state index contributed by atoms with van der Waals surface area (Å²) >= 11 is 3.47. The fraction of sp³-hybridized carbons (Fsp3) is 0.500. The standard InChI is InChI=1S/C12H17Br/c1-3-11-7-6-10(2)9-12(11)5-4-8-13/h6-7,9H,3-5,8H2,1-2H3. The van der Waals surface area contributed by atoms with Gasteiger partial charge in [0, 0.05) is 5.33 Å². The molecule has 1 rings (SSSR count). The molecule has 0 nitrogen and oxygen atoms in total. The van der Waals surface area contributed by atoms with E-state index in [2.05, 4.69) is 48.0 Å². The van der Waals surface area contributed by atoms with Gasteiger partial charge < -0.3 is 0 Å². The molecule has 72 valence electrons. The van der Waals surface area contributed by atoms with Crippen molar-refractivity contribution in [2.75, 3.05) is 5.33 Å². The molecule has 1 aromatic carbocycles. The average molecular weight is 241 g/mol. The van der Waals surface area contributed by atoms with E-state index in [0.717, 1.165) is 11.8 Å². The summed E-state index contributed by atoms with van der Waals surface area (Å²) in [6, 6.07) is 6.79. The third-order valence-corrected chi connectivity index (χ3v) is 2.88. The highest BCUT2D eigenvalue weighted by atomic mass is 79.9. The van der Waals surface area contributed by atoms with E-state index >= 15 is 0 Å². The Morgan fingerprint density at radius 3 is 2.62 bits per heavy atom. The monoisotopic (exact) mass is 240 g/mol. The van der Waals surface area contributed by atoms with Gasteiger partial charge in [-0.3, -0.25) is 0 Å². The zero-order valence-electron chi connectivity index (χ0n) is 8.44. The Hall–Kier alpha value is -0.300. The molecule has 0 spiro atoms. The van der Waals surface area contributed by atoms with E-state index in [1.165, 1.54) is 29.5 Å². The van der Waals surface area contributed by atoms with Crippen LogP contribution in [-0.2, 0) is 12.8 Å². The van der Waals surface area contributed by atoms with Crippen molar-refractivity contribution in [2.45, 2.75) is 33.1 Å². The molecule has 0 N–H and O–H groups in total. The fourth-order valence-corrected chi connectivity index (χ4v) is 1.87. The van der Waals surface area contributed by atoms with Crippen LogP contribution in [0.15, 0.2) is 18.2 Å². The van der Waals surface area contributed by atoms with Gasteiger partial charge in [0.1, 0.15) is 0 Å². The molecule has 13 heavy (non-hydrogen) atoms. The zero-order valence-corrected chi connectivity index (χ0v) is 10.0. The molecule has 0 amide bonds. The number of rotatable bonds is 4. The molecular weight excluding hydrogens is 224 g/mol. The van der Waals surface area contributed by atoms with Crippen molar-refractivity contribution in [1.82, 2.24) is 0 Å².